The van der Waals surface area contributed by atoms with E-state index in [1.165, 1.54) is 13.2 Å². The number of carbonyl (C=O) groups excluding carboxylic acids is 2. The summed E-state index contributed by atoms with van der Waals surface area (Å²) in [5, 5.41) is 18.6. The van der Waals surface area contributed by atoms with Crippen molar-refractivity contribution < 1.29 is 24.2 Å². The second-order valence-corrected chi connectivity index (χ2v) is 9.92. The average molecular weight is 595 g/mol. The minimum Gasteiger partial charge on any atom is -0.508 e. The zero-order valence-electron chi connectivity index (χ0n) is 24.6. The van der Waals surface area contributed by atoms with E-state index in [0.29, 0.717) is 67.6 Å². The zero-order chi connectivity index (χ0) is 31.2. The Kier molecular flexibility index (Phi) is 12.5. The molecule has 13 nitrogen and oxygen atoms in total. The van der Waals surface area contributed by atoms with Crippen LogP contribution in [-0.4, -0.2) is 69.2 Å². The molecule has 2 aromatic rings. The molecule has 0 saturated carbocycles. The number of guanidine groups is 2. The average Bonchev–Trinajstić information content (AvgIpc) is 3.38. The van der Waals surface area contributed by atoms with E-state index in [2.05, 4.69) is 25.9 Å². The van der Waals surface area contributed by atoms with Crippen LogP contribution in [0.1, 0.15) is 54.4 Å². The smallest absolute Gasteiger partial charge is 0.243 e. The summed E-state index contributed by atoms with van der Waals surface area (Å²) in [5.41, 5.74) is 18.4. The number of benzene rings is 2. The number of amides is 2. The molecule has 3 rings (SSSR count). The summed E-state index contributed by atoms with van der Waals surface area (Å²) in [5.74, 6) is 0.264. The van der Waals surface area contributed by atoms with Crippen molar-refractivity contribution in [3.05, 3.63) is 59.2 Å². The van der Waals surface area contributed by atoms with Crippen LogP contribution in [0.5, 0.6) is 17.2 Å². The number of nitrogens with zero attached hydrogens (tertiary/aromatic N) is 2. The fourth-order valence-electron chi connectivity index (χ4n) is 4.57. The predicted molar refractivity (Wildman–Crippen MR) is 167 cm³/mol. The lowest BCUT2D eigenvalue weighted by Gasteiger charge is -2.19. The number of phenolic OH excluding ortho intramolecular Hbond substituents is 1. The summed E-state index contributed by atoms with van der Waals surface area (Å²) in [6.45, 7) is 2.09. The third-order valence-electron chi connectivity index (χ3n) is 6.77. The molecule has 0 spiro atoms. The lowest BCUT2D eigenvalue weighted by Crippen LogP contribution is -2.32. The van der Waals surface area contributed by atoms with Gasteiger partial charge in [-0.3, -0.25) is 19.6 Å². The first-order valence-electron chi connectivity index (χ1n) is 14.2. The molecule has 2 amide bonds. The first kappa shape index (κ1) is 32.6. The molecule has 1 heterocycles. The van der Waals surface area contributed by atoms with E-state index in [1.54, 1.807) is 43.5 Å². The van der Waals surface area contributed by atoms with Crippen molar-refractivity contribution in [2.24, 2.45) is 27.2 Å². The number of ether oxygens (including phenoxy) is 2. The first-order chi connectivity index (χ1) is 20.7. The van der Waals surface area contributed by atoms with Gasteiger partial charge in [0.25, 0.3) is 0 Å². The SMILES string of the molecule is CN=C(N)NCCCCNC(=O)/C=C/c1cc(OC)c2c(c1)C(C(=O)NCCCCN=C(N)N)C(c1ccc(O)cc1)O2. The van der Waals surface area contributed by atoms with Gasteiger partial charge < -0.3 is 47.7 Å². The van der Waals surface area contributed by atoms with Crippen LogP contribution in [0, 0.1) is 0 Å². The molecule has 10 N–H and O–H groups in total. The molecule has 0 aliphatic carbocycles. The lowest BCUT2D eigenvalue weighted by atomic mass is 9.89. The number of nitrogens with one attached hydrogen (secondary N) is 3. The number of aromatic hydroxyl groups is 1. The number of unbranched alkanes of at least 4 members (excludes halogenated alkanes) is 2. The van der Waals surface area contributed by atoms with Gasteiger partial charge in [0.2, 0.25) is 11.8 Å². The van der Waals surface area contributed by atoms with Gasteiger partial charge in [0.15, 0.2) is 23.4 Å². The summed E-state index contributed by atoms with van der Waals surface area (Å²) in [6.07, 6.45) is 5.46. The molecule has 13 heteroatoms. The van der Waals surface area contributed by atoms with Crippen LogP contribution in [0.25, 0.3) is 6.08 Å². The van der Waals surface area contributed by atoms with Crippen LogP contribution in [0.4, 0.5) is 0 Å². The highest BCUT2D eigenvalue weighted by atomic mass is 16.5. The molecule has 232 valence electrons. The van der Waals surface area contributed by atoms with Crippen molar-refractivity contribution in [1.29, 1.82) is 0 Å². The van der Waals surface area contributed by atoms with Crippen molar-refractivity contribution in [2.75, 3.05) is 40.3 Å². The van der Waals surface area contributed by atoms with Gasteiger partial charge in [0.05, 0.1) is 7.11 Å². The highest BCUT2D eigenvalue weighted by Crippen LogP contribution is 2.51. The first-order valence-corrected chi connectivity index (χ1v) is 14.2. The van der Waals surface area contributed by atoms with Gasteiger partial charge in [-0.2, -0.15) is 0 Å². The Bertz CT molecular complexity index is 1320. The topological polar surface area (TPSA) is 212 Å². The van der Waals surface area contributed by atoms with Gasteiger partial charge in [0.1, 0.15) is 17.8 Å². The monoisotopic (exact) mass is 594 g/mol. The number of carbonyl (C=O) groups is 2. The molecule has 2 aromatic carbocycles. The fourth-order valence-corrected chi connectivity index (χ4v) is 4.57. The van der Waals surface area contributed by atoms with E-state index in [1.807, 2.05) is 6.07 Å². The van der Waals surface area contributed by atoms with E-state index in [-0.39, 0.29) is 23.5 Å². The minimum atomic E-state index is -0.700. The maximum Gasteiger partial charge on any atom is 0.243 e. The number of fused-ring (bicyclic) bond motifs is 1. The molecule has 43 heavy (non-hydrogen) atoms. The Morgan fingerprint density at radius 3 is 2.35 bits per heavy atom. The Hall–Kier alpha value is -4.94. The highest BCUT2D eigenvalue weighted by Gasteiger charge is 2.42. The van der Waals surface area contributed by atoms with Gasteiger partial charge in [-0.25, -0.2) is 0 Å². The van der Waals surface area contributed by atoms with Crippen LogP contribution >= 0.6 is 0 Å². The summed E-state index contributed by atoms with van der Waals surface area (Å²) < 4.78 is 11.9. The maximum atomic E-state index is 13.6. The van der Waals surface area contributed by atoms with Crippen LogP contribution in [-0.2, 0) is 9.59 Å². The number of rotatable bonds is 15. The Morgan fingerprint density at radius 2 is 1.67 bits per heavy atom. The second kappa shape index (κ2) is 16.5. The largest absolute Gasteiger partial charge is 0.508 e. The van der Waals surface area contributed by atoms with Crippen molar-refractivity contribution in [3.8, 4) is 17.2 Å². The summed E-state index contributed by atoms with van der Waals surface area (Å²) in [7, 11) is 3.13. The molecule has 2 unspecified atom stereocenters. The molecule has 0 bridgehead atoms. The van der Waals surface area contributed by atoms with Crippen LogP contribution in [0.15, 0.2) is 52.5 Å². The van der Waals surface area contributed by atoms with Crippen LogP contribution < -0.4 is 42.6 Å². The van der Waals surface area contributed by atoms with E-state index >= 15 is 0 Å². The standard InChI is InChI=1S/C30H42N8O5/c1-34-30(33)38-16-6-3-13-35-24(40)12-7-19-17-22-25(28(41)36-14-4-5-15-37-29(31)32)26(20-8-10-21(39)11-9-20)43-27(22)23(18-19)42-2/h7-12,17-18,25-26,39H,3-6,13-16H2,1-2H3,(H,35,40)(H,36,41)(H4,31,32,37)(H3,33,34,38)/b12-7+. The van der Waals surface area contributed by atoms with E-state index in [0.717, 1.165) is 18.4 Å². The predicted octanol–water partition coefficient (Wildman–Crippen LogP) is 1.23. The molecule has 0 saturated heterocycles. The van der Waals surface area contributed by atoms with Gasteiger partial charge in [-0.15, -0.1) is 0 Å². The van der Waals surface area contributed by atoms with E-state index < -0.39 is 12.0 Å². The molecule has 0 radical (unpaired) electrons. The van der Waals surface area contributed by atoms with Crippen molar-refractivity contribution in [3.63, 3.8) is 0 Å². The second-order valence-electron chi connectivity index (χ2n) is 9.92. The van der Waals surface area contributed by atoms with Crippen molar-refractivity contribution in [1.82, 2.24) is 16.0 Å². The van der Waals surface area contributed by atoms with Gasteiger partial charge in [0, 0.05) is 44.9 Å². The number of hydrogen-bond acceptors (Lipinski definition) is 7. The number of phenols is 1. The van der Waals surface area contributed by atoms with Gasteiger partial charge in [-0.05, 0) is 67.2 Å². The van der Waals surface area contributed by atoms with Crippen LogP contribution in [0.2, 0.25) is 0 Å². The van der Waals surface area contributed by atoms with Crippen LogP contribution in [0.3, 0.4) is 0 Å². The van der Waals surface area contributed by atoms with Crippen molar-refractivity contribution in [2.45, 2.75) is 37.7 Å². The number of methoxy groups -OCH3 is 1. The molecular formula is C30H42N8O5. The van der Waals surface area contributed by atoms with E-state index in [4.69, 9.17) is 26.7 Å². The van der Waals surface area contributed by atoms with Gasteiger partial charge >= 0.3 is 0 Å². The lowest BCUT2D eigenvalue weighted by molar-refractivity contribution is -0.124. The molecular weight excluding hydrogens is 552 g/mol. The number of hydrogen-bond donors (Lipinski definition) is 7. The molecule has 0 fully saturated rings. The molecule has 1 aliphatic rings. The fraction of sp³-hybridized carbons (Fsp3) is 0.400. The summed E-state index contributed by atoms with van der Waals surface area (Å²) >= 11 is 0. The summed E-state index contributed by atoms with van der Waals surface area (Å²) in [4.78, 5) is 33.8. The molecule has 1 aliphatic heterocycles. The van der Waals surface area contributed by atoms with Crippen molar-refractivity contribution >= 4 is 29.8 Å². The third-order valence-corrected chi connectivity index (χ3v) is 6.77. The Labute approximate surface area is 251 Å². The maximum absolute atomic E-state index is 13.6. The molecule has 2 atom stereocenters. The minimum absolute atomic E-state index is 0.0360. The summed E-state index contributed by atoms with van der Waals surface area (Å²) in [6, 6.07) is 10.1. The number of aliphatic imine (C=N–C) groups is 2. The quantitative estimate of drug-likeness (QED) is 0.0683. The normalized spacial score (nSPS) is 15.8. The van der Waals surface area contributed by atoms with E-state index in [9.17, 15) is 14.7 Å². The van der Waals surface area contributed by atoms with Gasteiger partial charge in [-0.1, -0.05) is 12.1 Å². The molecule has 0 aromatic heterocycles. The zero-order valence-corrected chi connectivity index (χ0v) is 24.6. The Balaban J connectivity index is 1.73. The number of nitrogens with two attached hydrogens (primary N) is 3. The highest BCUT2D eigenvalue weighted by molar-refractivity contribution is 5.92. The third kappa shape index (κ3) is 9.83. The Morgan fingerprint density at radius 1 is 1.00 bits per heavy atom.